The van der Waals surface area contributed by atoms with Gasteiger partial charge in [0.1, 0.15) is 5.56 Å². The van der Waals surface area contributed by atoms with Crippen LogP contribution in [0.4, 0.5) is 17.1 Å². The molecule has 0 aromatic heterocycles. The Hall–Kier alpha value is -4.66. The summed E-state index contributed by atoms with van der Waals surface area (Å²) in [7, 11) is 0. The summed E-state index contributed by atoms with van der Waals surface area (Å²) >= 11 is 0. The van der Waals surface area contributed by atoms with Crippen LogP contribution in [0.15, 0.2) is 97.1 Å². The maximum Gasteiger partial charge on any atom is 0.287 e. The van der Waals surface area contributed by atoms with Crippen molar-refractivity contribution in [2.75, 3.05) is 0 Å². The molecule has 1 aliphatic rings. The quantitative estimate of drug-likeness (QED) is 0.360. The third-order valence-corrected chi connectivity index (χ3v) is 5.80. The summed E-state index contributed by atoms with van der Waals surface area (Å²) in [4.78, 5) is 32.9. The van der Waals surface area contributed by atoms with E-state index in [2.05, 4.69) is 0 Å². The molecule has 3 aromatic carbocycles. The first-order chi connectivity index (χ1) is 15.9. The molecule has 0 saturated heterocycles. The minimum Gasteiger partial charge on any atom is -0.258 e. The van der Waals surface area contributed by atoms with Crippen molar-refractivity contribution in [3.8, 4) is 0 Å². The van der Waals surface area contributed by atoms with Crippen LogP contribution in [0.5, 0.6) is 0 Å². The average molecular weight is 443 g/mol. The summed E-state index contributed by atoms with van der Waals surface area (Å²) in [5.74, 6) is -0.881. The lowest BCUT2D eigenvalue weighted by Gasteiger charge is -2.39. The summed E-state index contributed by atoms with van der Waals surface area (Å²) in [6, 6.07) is 19.9. The van der Waals surface area contributed by atoms with Gasteiger partial charge in [0, 0.05) is 11.3 Å². The topological polar surface area (TPSA) is 129 Å². The minimum absolute atomic E-state index is 0.191. The summed E-state index contributed by atoms with van der Waals surface area (Å²) in [6.07, 6.45) is 6.99. The zero-order chi connectivity index (χ0) is 23.6. The number of benzene rings is 3. The number of allylic oxidation sites excluding steroid dienone is 4. The van der Waals surface area contributed by atoms with Gasteiger partial charge in [-0.2, -0.15) is 0 Å². The molecule has 0 saturated carbocycles. The normalized spacial score (nSPS) is 16.3. The summed E-state index contributed by atoms with van der Waals surface area (Å²) < 4.78 is 0. The number of nitrogens with zero attached hydrogens (tertiary/aromatic N) is 3. The van der Waals surface area contributed by atoms with Crippen LogP contribution in [-0.2, 0) is 5.41 Å². The molecular weight excluding hydrogens is 426 g/mol. The SMILES string of the molecule is O=[N+]([O-])c1cc([N+](=O)[O-])c(C2C=CC=CC2(c2ccccc2)c2ccccc2)c([N+](=O)[O-])c1. The fourth-order valence-electron chi connectivity index (χ4n) is 4.44. The molecule has 0 amide bonds. The fourth-order valence-corrected chi connectivity index (χ4v) is 4.44. The van der Waals surface area contributed by atoms with Gasteiger partial charge in [0.25, 0.3) is 17.1 Å². The number of rotatable bonds is 6. The Morgan fingerprint density at radius 2 is 1.15 bits per heavy atom. The number of nitro benzene ring substituents is 3. The van der Waals surface area contributed by atoms with Gasteiger partial charge < -0.3 is 0 Å². The molecule has 0 spiro atoms. The van der Waals surface area contributed by atoms with E-state index >= 15 is 0 Å². The molecule has 1 atom stereocenters. The second kappa shape index (κ2) is 8.46. The number of non-ortho nitro benzene ring substituents is 1. The molecule has 0 bridgehead atoms. The summed E-state index contributed by atoms with van der Waals surface area (Å²) in [5.41, 5.74) is -1.73. The van der Waals surface area contributed by atoms with Crippen LogP contribution in [-0.4, -0.2) is 14.8 Å². The highest BCUT2D eigenvalue weighted by atomic mass is 16.6. The third kappa shape index (κ3) is 3.65. The lowest BCUT2D eigenvalue weighted by atomic mass is 9.61. The van der Waals surface area contributed by atoms with E-state index in [0.717, 1.165) is 23.3 Å². The van der Waals surface area contributed by atoms with Gasteiger partial charge in [-0.05, 0) is 11.1 Å². The van der Waals surface area contributed by atoms with E-state index in [0.29, 0.717) is 0 Å². The lowest BCUT2D eigenvalue weighted by molar-refractivity contribution is -0.404. The molecule has 1 aliphatic carbocycles. The third-order valence-electron chi connectivity index (χ3n) is 5.80. The summed E-state index contributed by atoms with van der Waals surface area (Å²) in [6.45, 7) is 0. The molecule has 0 aliphatic heterocycles. The van der Waals surface area contributed by atoms with Crippen molar-refractivity contribution in [2.45, 2.75) is 11.3 Å². The molecule has 1 unspecified atom stereocenters. The molecule has 4 rings (SSSR count). The van der Waals surface area contributed by atoms with Gasteiger partial charge >= 0.3 is 0 Å². The minimum atomic E-state index is -1.02. The van der Waals surface area contributed by atoms with E-state index < -0.39 is 43.2 Å². The molecule has 3 aromatic rings. The van der Waals surface area contributed by atoms with E-state index in [-0.39, 0.29) is 5.56 Å². The molecule has 33 heavy (non-hydrogen) atoms. The van der Waals surface area contributed by atoms with Gasteiger partial charge in [-0.25, -0.2) is 0 Å². The van der Waals surface area contributed by atoms with Crippen LogP contribution in [0.1, 0.15) is 22.6 Å². The molecule has 9 heteroatoms. The van der Waals surface area contributed by atoms with Crippen LogP contribution in [0, 0.1) is 30.3 Å². The zero-order valence-electron chi connectivity index (χ0n) is 17.1. The smallest absolute Gasteiger partial charge is 0.258 e. The largest absolute Gasteiger partial charge is 0.287 e. The molecule has 164 valence electrons. The Labute approximate surface area is 187 Å². The Kier molecular flexibility index (Phi) is 5.53. The predicted octanol–water partition coefficient (Wildman–Crippen LogP) is 5.61. The van der Waals surface area contributed by atoms with Gasteiger partial charge in [0.05, 0.1) is 26.9 Å². The Morgan fingerprint density at radius 1 is 0.667 bits per heavy atom. The second-order valence-corrected chi connectivity index (χ2v) is 7.49. The molecular formula is C24H17N3O6. The molecule has 9 nitrogen and oxygen atoms in total. The van der Waals surface area contributed by atoms with Crippen LogP contribution in [0.3, 0.4) is 0 Å². The number of hydrogen-bond acceptors (Lipinski definition) is 6. The van der Waals surface area contributed by atoms with E-state index in [1.165, 1.54) is 0 Å². The lowest BCUT2D eigenvalue weighted by Crippen LogP contribution is -2.34. The molecule has 0 N–H and O–H groups in total. The van der Waals surface area contributed by atoms with Gasteiger partial charge in [0.2, 0.25) is 0 Å². The van der Waals surface area contributed by atoms with Crippen LogP contribution in [0.2, 0.25) is 0 Å². The van der Waals surface area contributed by atoms with Crippen molar-refractivity contribution in [2.24, 2.45) is 0 Å². The number of hydrogen-bond donors (Lipinski definition) is 0. The Balaban J connectivity index is 2.12. The first-order valence-electron chi connectivity index (χ1n) is 9.94. The summed E-state index contributed by atoms with van der Waals surface area (Å²) in [5, 5.41) is 35.4. The van der Waals surface area contributed by atoms with Crippen molar-refractivity contribution in [3.05, 3.63) is 144 Å². The Morgan fingerprint density at radius 3 is 1.58 bits per heavy atom. The molecule has 0 radical (unpaired) electrons. The van der Waals surface area contributed by atoms with Crippen LogP contribution >= 0.6 is 0 Å². The van der Waals surface area contributed by atoms with Crippen LogP contribution < -0.4 is 0 Å². The molecule has 0 heterocycles. The standard InChI is InChI=1S/C24H17N3O6/c28-25(29)19-15-21(26(30)31)23(22(16-19)27(32)33)20-13-7-8-14-24(20,17-9-3-1-4-10-17)18-11-5-2-6-12-18/h1-16,20H. The first kappa shape index (κ1) is 21.6. The molecule has 0 fully saturated rings. The van der Waals surface area contributed by atoms with Gasteiger partial charge in [0.15, 0.2) is 0 Å². The van der Waals surface area contributed by atoms with Crippen molar-refractivity contribution >= 4 is 17.1 Å². The maximum atomic E-state index is 12.0. The second-order valence-electron chi connectivity index (χ2n) is 7.49. The average Bonchev–Trinajstić information content (AvgIpc) is 2.84. The van der Waals surface area contributed by atoms with Gasteiger partial charge in [-0.3, -0.25) is 30.3 Å². The van der Waals surface area contributed by atoms with Crippen molar-refractivity contribution in [3.63, 3.8) is 0 Å². The number of nitro groups is 3. The van der Waals surface area contributed by atoms with Crippen molar-refractivity contribution in [1.82, 2.24) is 0 Å². The van der Waals surface area contributed by atoms with E-state index in [9.17, 15) is 30.3 Å². The van der Waals surface area contributed by atoms with Crippen molar-refractivity contribution < 1.29 is 14.8 Å². The first-order valence-corrected chi connectivity index (χ1v) is 9.94. The van der Waals surface area contributed by atoms with E-state index in [1.807, 2.05) is 66.7 Å². The fraction of sp³-hybridized carbons (Fsp3) is 0.0833. The monoisotopic (exact) mass is 443 g/mol. The van der Waals surface area contributed by atoms with E-state index in [1.54, 1.807) is 18.2 Å². The van der Waals surface area contributed by atoms with Crippen LogP contribution in [0.25, 0.3) is 0 Å². The highest BCUT2D eigenvalue weighted by molar-refractivity contribution is 5.67. The zero-order valence-corrected chi connectivity index (χ0v) is 17.1. The van der Waals surface area contributed by atoms with Gasteiger partial charge in [-0.1, -0.05) is 85.0 Å². The van der Waals surface area contributed by atoms with Crippen molar-refractivity contribution in [1.29, 1.82) is 0 Å². The van der Waals surface area contributed by atoms with E-state index in [4.69, 9.17) is 0 Å². The maximum absolute atomic E-state index is 12.0. The highest BCUT2D eigenvalue weighted by Gasteiger charge is 2.47. The predicted molar refractivity (Wildman–Crippen MR) is 121 cm³/mol. The van der Waals surface area contributed by atoms with Gasteiger partial charge in [-0.15, -0.1) is 0 Å². The Bertz CT molecular complexity index is 1230. The highest BCUT2D eigenvalue weighted by Crippen LogP contribution is 2.53.